The minimum Gasteiger partial charge on any atom is -0.383 e. The van der Waals surface area contributed by atoms with Gasteiger partial charge in [0.25, 0.3) is 5.91 Å². The Morgan fingerprint density at radius 1 is 1.40 bits per heavy atom. The molecule has 1 N–H and O–H groups in total. The average molecular weight is 279 g/mol. The van der Waals surface area contributed by atoms with E-state index >= 15 is 0 Å². The first-order valence-corrected chi connectivity index (χ1v) is 7.16. The SMILES string of the molecule is COCCNC(C)(C)/C=C(\C#N)C(=O)N1CCCCC1. The number of piperidine rings is 1. The van der Waals surface area contributed by atoms with Crippen LogP contribution in [-0.2, 0) is 9.53 Å². The monoisotopic (exact) mass is 279 g/mol. The quantitative estimate of drug-likeness (QED) is 0.454. The molecule has 0 aromatic carbocycles. The van der Waals surface area contributed by atoms with Gasteiger partial charge >= 0.3 is 0 Å². The molecule has 112 valence electrons. The van der Waals surface area contributed by atoms with Gasteiger partial charge in [0.05, 0.1) is 6.61 Å². The molecule has 0 saturated carbocycles. The van der Waals surface area contributed by atoms with Gasteiger partial charge in [0.15, 0.2) is 0 Å². The highest BCUT2D eigenvalue weighted by atomic mass is 16.5. The van der Waals surface area contributed by atoms with Crippen molar-refractivity contribution in [3.63, 3.8) is 0 Å². The van der Waals surface area contributed by atoms with Gasteiger partial charge in [-0.2, -0.15) is 5.26 Å². The number of methoxy groups -OCH3 is 1. The number of ether oxygens (including phenoxy) is 1. The first kappa shape index (κ1) is 16.7. The van der Waals surface area contributed by atoms with Gasteiger partial charge in [-0.15, -0.1) is 0 Å². The minimum absolute atomic E-state index is 0.145. The van der Waals surface area contributed by atoms with Crippen molar-refractivity contribution < 1.29 is 9.53 Å². The zero-order valence-corrected chi connectivity index (χ0v) is 12.7. The fourth-order valence-electron chi connectivity index (χ4n) is 2.30. The molecule has 5 heteroatoms. The molecule has 1 rings (SSSR count). The number of nitriles is 1. The zero-order chi connectivity index (χ0) is 15.0. The third kappa shape index (κ3) is 5.32. The molecular weight excluding hydrogens is 254 g/mol. The Bertz CT molecular complexity index is 390. The van der Waals surface area contributed by atoms with Crippen molar-refractivity contribution in [2.24, 2.45) is 0 Å². The smallest absolute Gasteiger partial charge is 0.264 e. The normalized spacial score (nSPS) is 16.9. The van der Waals surface area contributed by atoms with E-state index in [1.165, 1.54) is 6.42 Å². The number of carbonyl (C=O) groups excluding carboxylic acids is 1. The lowest BCUT2D eigenvalue weighted by molar-refractivity contribution is -0.127. The molecule has 1 aliphatic rings. The molecule has 1 saturated heterocycles. The van der Waals surface area contributed by atoms with E-state index in [0.717, 1.165) is 25.9 Å². The molecule has 1 fully saturated rings. The summed E-state index contributed by atoms with van der Waals surface area (Å²) < 4.78 is 4.99. The van der Waals surface area contributed by atoms with E-state index in [0.29, 0.717) is 13.2 Å². The molecule has 5 nitrogen and oxygen atoms in total. The van der Waals surface area contributed by atoms with Gasteiger partial charge in [-0.3, -0.25) is 4.79 Å². The lowest BCUT2D eigenvalue weighted by Crippen LogP contribution is -2.41. The van der Waals surface area contributed by atoms with Gasteiger partial charge in [0.2, 0.25) is 0 Å². The molecule has 0 bridgehead atoms. The van der Waals surface area contributed by atoms with Crippen LogP contribution in [0.5, 0.6) is 0 Å². The molecule has 0 aromatic rings. The number of hydrogen-bond donors (Lipinski definition) is 1. The Balaban J connectivity index is 2.69. The molecule has 0 aromatic heterocycles. The number of hydrogen-bond acceptors (Lipinski definition) is 4. The molecule has 0 atom stereocenters. The summed E-state index contributed by atoms with van der Waals surface area (Å²) in [6.45, 7) is 6.69. The molecule has 0 spiro atoms. The summed E-state index contributed by atoms with van der Waals surface area (Å²) in [6.07, 6.45) is 4.94. The summed E-state index contributed by atoms with van der Waals surface area (Å²) in [5.74, 6) is -0.145. The number of carbonyl (C=O) groups is 1. The van der Waals surface area contributed by atoms with Gasteiger partial charge in [-0.25, -0.2) is 0 Å². The van der Waals surface area contributed by atoms with Crippen molar-refractivity contribution >= 4 is 5.91 Å². The van der Waals surface area contributed by atoms with Crippen LogP contribution in [0, 0.1) is 11.3 Å². The molecule has 0 unspecified atom stereocenters. The predicted molar refractivity (Wildman–Crippen MR) is 78.1 cm³/mol. The third-order valence-electron chi connectivity index (χ3n) is 3.39. The van der Waals surface area contributed by atoms with E-state index in [1.54, 1.807) is 18.1 Å². The van der Waals surface area contributed by atoms with Crippen molar-refractivity contribution in [1.82, 2.24) is 10.2 Å². The van der Waals surface area contributed by atoms with Gasteiger partial charge in [0, 0.05) is 32.3 Å². The summed E-state index contributed by atoms with van der Waals surface area (Å²) in [5.41, 5.74) is -0.184. The fraction of sp³-hybridized carbons (Fsp3) is 0.733. The second kappa shape index (κ2) is 8.03. The minimum atomic E-state index is -0.408. The van der Waals surface area contributed by atoms with Crippen LogP contribution in [0.3, 0.4) is 0 Å². The van der Waals surface area contributed by atoms with E-state index in [9.17, 15) is 10.1 Å². The second-order valence-corrected chi connectivity index (χ2v) is 5.66. The molecule has 0 radical (unpaired) electrons. The zero-order valence-electron chi connectivity index (χ0n) is 12.7. The second-order valence-electron chi connectivity index (χ2n) is 5.66. The standard InChI is InChI=1S/C15H25N3O2/c1-15(2,17-7-10-20-3)11-13(12-16)14(19)18-8-5-4-6-9-18/h11,17H,4-10H2,1-3H3/b13-11+. The van der Waals surface area contributed by atoms with Crippen molar-refractivity contribution in [2.75, 3.05) is 33.4 Å². The number of rotatable bonds is 6. The predicted octanol–water partition coefficient (Wildman–Crippen LogP) is 1.46. The highest BCUT2D eigenvalue weighted by Gasteiger charge is 2.23. The van der Waals surface area contributed by atoms with E-state index in [2.05, 4.69) is 5.32 Å². The number of amides is 1. The number of nitrogens with one attached hydrogen (secondary N) is 1. The van der Waals surface area contributed by atoms with Crippen LogP contribution in [0.25, 0.3) is 0 Å². The Morgan fingerprint density at radius 3 is 2.60 bits per heavy atom. The van der Waals surface area contributed by atoms with E-state index in [1.807, 2.05) is 19.9 Å². The van der Waals surface area contributed by atoms with Crippen LogP contribution >= 0.6 is 0 Å². The average Bonchev–Trinajstić information content (AvgIpc) is 2.45. The first-order valence-electron chi connectivity index (χ1n) is 7.16. The molecular formula is C15H25N3O2. The first-order chi connectivity index (χ1) is 9.50. The van der Waals surface area contributed by atoms with Crippen LogP contribution in [0.1, 0.15) is 33.1 Å². The maximum atomic E-state index is 12.3. The Labute approximate surface area is 121 Å². The van der Waals surface area contributed by atoms with Crippen LogP contribution < -0.4 is 5.32 Å². The van der Waals surface area contributed by atoms with Gasteiger partial charge in [-0.05, 0) is 39.2 Å². The van der Waals surface area contributed by atoms with E-state index < -0.39 is 5.54 Å². The third-order valence-corrected chi connectivity index (χ3v) is 3.39. The maximum absolute atomic E-state index is 12.3. The summed E-state index contributed by atoms with van der Waals surface area (Å²) in [7, 11) is 1.64. The highest BCUT2D eigenvalue weighted by molar-refractivity contribution is 5.97. The van der Waals surface area contributed by atoms with Crippen molar-refractivity contribution in [3.05, 3.63) is 11.6 Å². The van der Waals surface area contributed by atoms with Gasteiger partial charge < -0.3 is 15.0 Å². The maximum Gasteiger partial charge on any atom is 0.264 e. The van der Waals surface area contributed by atoms with Crippen molar-refractivity contribution in [3.8, 4) is 6.07 Å². The van der Waals surface area contributed by atoms with Crippen LogP contribution in [0.2, 0.25) is 0 Å². The number of likely N-dealkylation sites (tertiary alicyclic amines) is 1. The molecule has 20 heavy (non-hydrogen) atoms. The van der Waals surface area contributed by atoms with Gasteiger partial charge in [0.1, 0.15) is 11.6 Å². The summed E-state index contributed by atoms with van der Waals surface area (Å²) in [6, 6.07) is 2.04. The summed E-state index contributed by atoms with van der Waals surface area (Å²) in [4.78, 5) is 14.1. The molecule has 1 amide bonds. The van der Waals surface area contributed by atoms with E-state index in [4.69, 9.17) is 4.74 Å². The van der Waals surface area contributed by atoms with Crippen molar-refractivity contribution in [2.45, 2.75) is 38.6 Å². The lowest BCUT2D eigenvalue weighted by Gasteiger charge is -2.28. The topological polar surface area (TPSA) is 65.4 Å². The van der Waals surface area contributed by atoms with E-state index in [-0.39, 0.29) is 11.5 Å². The fourth-order valence-corrected chi connectivity index (χ4v) is 2.30. The summed E-state index contributed by atoms with van der Waals surface area (Å²) >= 11 is 0. The molecule has 1 aliphatic heterocycles. The Hall–Kier alpha value is -1.38. The molecule has 1 heterocycles. The highest BCUT2D eigenvalue weighted by Crippen LogP contribution is 2.15. The van der Waals surface area contributed by atoms with Crippen LogP contribution in [0.15, 0.2) is 11.6 Å². The summed E-state index contributed by atoms with van der Waals surface area (Å²) in [5, 5.41) is 12.5. The number of nitrogens with zero attached hydrogens (tertiary/aromatic N) is 2. The Kier molecular flexibility index (Phi) is 6.69. The van der Waals surface area contributed by atoms with Crippen LogP contribution in [0.4, 0.5) is 0 Å². The van der Waals surface area contributed by atoms with Crippen molar-refractivity contribution in [1.29, 1.82) is 5.26 Å². The largest absolute Gasteiger partial charge is 0.383 e. The Morgan fingerprint density at radius 2 is 2.05 bits per heavy atom. The van der Waals surface area contributed by atoms with Gasteiger partial charge in [-0.1, -0.05) is 0 Å². The lowest BCUT2D eigenvalue weighted by atomic mass is 10.00. The molecule has 0 aliphatic carbocycles. The van der Waals surface area contributed by atoms with Crippen LogP contribution in [-0.4, -0.2) is 49.7 Å².